The molecular weight excluding hydrogens is 316 g/mol. The molecule has 0 aliphatic rings. The molecule has 0 heterocycles. The molecule has 0 atom stereocenters. The van der Waals surface area contributed by atoms with E-state index in [1.54, 1.807) is 6.08 Å². The maximum atomic E-state index is 11.7. The third-order valence-electron chi connectivity index (χ3n) is 3.63. The molecule has 2 amide bonds. The Bertz CT molecular complexity index is 752. The van der Waals surface area contributed by atoms with Gasteiger partial charge in [0.2, 0.25) is 0 Å². The number of hydrogen-bond donors (Lipinski definition) is 2. The lowest BCUT2D eigenvalue weighted by atomic mass is 10.1. The summed E-state index contributed by atoms with van der Waals surface area (Å²) in [5, 5.41) is 0. The number of hydrogen-bond acceptors (Lipinski definition) is 3. The SMILES string of the molecule is CCc1ccc(OCC(=O)NNC(=O)/C=C/c2ccccc2C)cc1. The van der Waals surface area contributed by atoms with Crippen LogP contribution in [-0.4, -0.2) is 18.4 Å². The van der Waals surface area contributed by atoms with Crippen LogP contribution in [0.15, 0.2) is 54.6 Å². The zero-order valence-electron chi connectivity index (χ0n) is 14.4. The first kappa shape index (κ1) is 18.3. The Kier molecular flexibility index (Phi) is 6.77. The molecular formula is C20H22N2O3. The normalized spacial score (nSPS) is 10.5. The molecule has 2 N–H and O–H groups in total. The highest BCUT2D eigenvalue weighted by Crippen LogP contribution is 2.12. The minimum absolute atomic E-state index is 0.173. The van der Waals surface area contributed by atoms with Gasteiger partial charge in [0.05, 0.1) is 0 Å². The van der Waals surface area contributed by atoms with E-state index in [4.69, 9.17) is 4.74 Å². The first-order valence-electron chi connectivity index (χ1n) is 8.12. The molecule has 0 fully saturated rings. The lowest BCUT2D eigenvalue weighted by Crippen LogP contribution is -2.43. The molecule has 0 unspecified atom stereocenters. The summed E-state index contributed by atoms with van der Waals surface area (Å²) in [6, 6.07) is 15.2. The van der Waals surface area contributed by atoms with Crippen molar-refractivity contribution in [3.8, 4) is 5.75 Å². The topological polar surface area (TPSA) is 67.4 Å². The van der Waals surface area contributed by atoms with E-state index in [1.165, 1.54) is 11.6 Å². The molecule has 0 spiro atoms. The third kappa shape index (κ3) is 6.14. The number of amides is 2. The van der Waals surface area contributed by atoms with E-state index in [0.29, 0.717) is 5.75 Å². The standard InChI is InChI=1S/C20H22N2O3/c1-3-16-8-11-18(12-9-16)25-14-20(24)22-21-19(23)13-10-17-7-5-4-6-15(17)2/h4-13H,3,14H2,1-2H3,(H,21,23)(H,22,24)/b13-10+. The summed E-state index contributed by atoms with van der Waals surface area (Å²) >= 11 is 0. The Hall–Kier alpha value is -3.08. The predicted octanol–water partition coefficient (Wildman–Crippen LogP) is 2.80. The Morgan fingerprint density at radius 2 is 1.76 bits per heavy atom. The Balaban J connectivity index is 1.73. The highest BCUT2D eigenvalue weighted by Gasteiger charge is 2.04. The molecule has 2 rings (SSSR count). The van der Waals surface area contributed by atoms with E-state index in [-0.39, 0.29) is 6.61 Å². The fraction of sp³-hybridized carbons (Fsp3) is 0.200. The van der Waals surface area contributed by atoms with Gasteiger partial charge in [-0.25, -0.2) is 0 Å². The lowest BCUT2D eigenvalue weighted by Gasteiger charge is -2.08. The average molecular weight is 338 g/mol. The predicted molar refractivity (Wildman–Crippen MR) is 97.8 cm³/mol. The highest BCUT2D eigenvalue weighted by atomic mass is 16.5. The largest absolute Gasteiger partial charge is 0.484 e. The molecule has 25 heavy (non-hydrogen) atoms. The fourth-order valence-corrected chi connectivity index (χ4v) is 2.12. The maximum absolute atomic E-state index is 11.7. The number of nitrogens with one attached hydrogen (secondary N) is 2. The zero-order valence-corrected chi connectivity index (χ0v) is 14.4. The summed E-state index contributed by atoms with van der Waals surface area (Å²) in [6.07, 6.45) is 4.01. The quantitative estimate of drug-likeness (QED) is 0.629. The zero-order chi connectivity index (χ0) is 18.1. The van der Waals surface area contributed by atoms with Crippen molar-refractivity contribution in [3.05, 3.63) is 71.3 Å². The number of carbonyl (C=O) groups is 2. The third-order valence-corrected chi connectivity index (χ3v) is 3.63. The molecule has 0 saturated carbocycles. The lowest BCUT2D eigenvalue weighted by molar-refractivity contribution is -0.128. The van der Waals surface area contributed by atoms with E-state index >= 15 is 0 Å². The summed E-state index contributed by atoms with van der Waals surface area (Å²) in [6.45, 7) is 3.86. The smallest absolute Gasteiger partial charge is 0.276 e. The van der Waals surface area contributed by atoms with Gasteiger partial charge >= 0.3 is 0 Å². The van der Waals surface area contributed by atoms with E-state index in [0.717, 1.165) is 17.5 Å². The minimum Gasteiger partial charge on any atom is -0.484 e. The monoisotopic (exact) mass is 338 g/mol. The van der Waals surface area contributed by atoms with Crippen molar-refractivity contribution in [2.75, 3.05) is 6.61 Å². The first-order chi connectivity index (χ1) is 12.1. The highest BCUT2D eigenvalue weighted by molar-refractivity contribution is 5.93. The van der Waals surface area contributed by atoms with Crippen LogP contribution in [0.1, 0.15) is 23.6 Å². The van der Waals surface area contributed by atoms with Crippen LogP contribution >= 0.6 is 0 Å². The van der Waals surface area contributed by atoms with Crippen molar-refractivity contribution in [3.63, 3.8) is 0 Å². The second-order valence-corrected chi connectivity index (χ2v) is 5.51. The summed E-state index contributed by atoms with van der Waals surface area (Å²) in [7, 11) is 0. The van der Waals surface area contributed by atoms with Crippen molar-refractivity contribution in [2.45, 2.75) is 20.3 Å². The average Bonchev–Trinajstić information content (AvgIpc) is 2.64. The van der Waals surface area contributed by atoms with Crippen LogP contribution in [-0.2, 0) is 16.0 Å². The first-order valence-corrected chi connectivity index (χ1v) is 8.12. The Morgan fingerprint density at radius 1 is 1.04 bits per heavy atom. The van der Waals surface area contributed by atoms with Gasteiger partial charge in [0.1, 0.15) is 5.75 Å². The van der Waals surface area contributed by atoms with Crippen molar-refractivity contribution < 1.29 is 14.3 Å². The van der Waals surface area contributed by atoms with Crippen molar-refractivity contribution in [1.29, 1.82) is 0 Å². The Labute approximate surface area is 147 Å². The van der Waals surface area contributed by atoms with Gasteiger partial charge < -0.3 is 4.74 Å². The summed E-state index contributed by atoms with van der Waals surface area (Å²) in [4.78, 5) is 23.4. The Morgan fingerprint density at radius 3 is 2.44 bits per heavy atom. The van der Waals surface area contributed by atoms with Gasteiger partial charge in [0.25, 0.3) is 11.8 Å². The number of hydrazine groups is 1. The van der Waals surface area contributed by atoms with Crippen LogP contribution in [0.3, 0.4) is 0 Å². The van der Waals surface area contributed by atoms with Crippen LogP contribution in [0, 0.1) is 6.92 Å². The molecule has 0 bridgehead atoms. The van der Waals surface area contributed by atoms with Gasteiger partial charge in [-0.3, -0.25) is 20.4 Å². The van der Waals surface area contributed by atoms with Gasteiger partial charge in [-0.15, -0.1) is 0 Å². The molecule has 2 aromatic carbocycles. The molecule has 0 aromatic heterocycles. The number of carbonyl (C=O) groups excluding carboxylic acids is 2. The van der Waals surface area contributed by atoms with Gasteiger partial charge in [-0.1, -0.05) is 43.3 Å². The van der Waals surface area contributed by atoms with Crippen molar-refractivity contribution in [2.24, 2.45) is 0 Å². The van der Waals surface area contributed by atoms with Crippen molar-refractivity contribution in [1.82, 2.24) is 10.9 Å². The van der Waals surface area contributed by atoms with Gasteiger partial charge in [-0.2, -0.15) is 0 Å². The summed E-state index contributed by atoms with van der Waals surface area (Å²) < 4.78 is 5.36. The molecule has 0 saturated heterocycles. The maximum Gasteiger partial charge on any atom is 0.276 e. The molecule has 0 radical (unpaired) electrons. The van der Waals surface area contributed by atoms with Crippen LogP contribution in [0.2, 0.25) is 0 Å². The summed E-state index contributed by atoms with van der Waals surface area (Å²) in [5.74, 6) is -0.237. The van der Waals surface area contributed by atoms with Gasteiger partial charge in [0.15, 0.2) is 6.61 Å². The molecule has 130 valence electrons. The second-order valence-electron chi connectivity index (χ2n) is 5.51. The number of rotatable bonds is 6. The fourth-order valence-electron chi connectivity index (χ4n) is 2.12. The van der Waals surface area contributed by atoms with E-state index in [1.807, 2.05) is 55.5 Å². The van der Waals surface area contributed by atoms with Crippen LogP contribution in [0.25, 0.3) is 6.08 Å². The number of aryl methyl sites for hydroxylation is 2. The van der Waals surface area contributed by atoms with Gasteiger partial charge in [0, 0.05) is 6.08 Å². The van der Waals surface area contributed by atoms with Crippen LogP contribution in [0.5, 0.6) is 5.75 Å². The van der Waals surface area contributed by atoms with E-state index < -0.39 is 11.8 Å². The van der Waals surface area contributed by atoms with Crippen LogP contribution < -0.4 is 15.6 Å². The number of ether oxygens (including phenoxy) is 1. The van der Waals surface area contributed by atoms with Gasteiger partial charge in [-0.05, 0) is 48.2 Å². The molecule has 2 aromatic rings. The summed E-state index contributed by atoms with van der Waals surface area (Å²) in [5.41, 5.74) is 7.85. The second kappa shape index (κ2) is 9.27. The molecule has 0 aliphatic heterocycles. The number of benzene rings is 2. The molecule has 5 heteroatoms. The van der Waals surface area contributed by atoms with E-state index in [2.05, 4.69) is 17.8 Å². The van der Waals surface area contributed by atoms with Crippen LogP contribution in [0.4, 0.5) is 0 Å². The van der Waals surface area contributed by atoms with Crippen molar-refractivity contribution >= 4 is 17.9 Å². The minimum atomic E-state index is -0.433. The van der Waals surface area contributed by atoms with E-state index in [9.17, 15) is 9.59 Å². The molecule has 5 nitrogen and oxygen atoms in total. The molecule has 0 aliphatic carbocycles.